The zero-order chi connectivity index (χ0) is 14.7. The lowest BCUT2D eigenvalue weighted by molar-refractivity contribution is 0.576. The Labute approximate surface area is 130 Å². The van der Waals surface area contributed by atoms with E-state index in [4.69, 9.17) is 11.6 Å². The van der Waals surface area contributed by atoms with E-state index in [1.165, 1.54) is 21.9 Å². The zero-order valence-corrected chi connectivity index (χ0v) is 12.8. The van der Waals surface area contributed by atoms with Gasteiger partial charge in [-0.25, -0.2) is 0 Å². The lowest BCUT2D eigenvalue weighted by Crippen LogP contribution is -2.18. The third-order valence-corrected chi connectivity index (χ3v) is 4.10. The van der Waals surface area contributed by atoms with Crippen molar-refractivity contribution < 1.29 is 0 Å². The van der Waals surface area contributed by atoms with Gasteiger partial charge in [0.1, 0.15) is 0 Å². The molecule has 3 rings (SSSR count). The second-order valence-electron chi connectivity index (χ2n) is 5.29. The predicted octanol–water partition coefficient (Wildman–Crippen LogP) is 5.34. The molecule has 0 aliphatic heterocycles. The molecule has 0 bridgehead atoms. The number of fused-ring (bicyclic) bond motifs is 1. The molecule has 1 nitrogen and oxygen atoms in total. The molecule has 0 radical (unpaired) electrons. The first-order valence-electron chi connectivity index (χ1n) is 7.19. The summed E-state index contributed by atoms with van der Waals surface area (Å²) in [5, 5.41) is 6.96. The summed E-state index contributed by atoms with van der Waals surface area (Å²) < 4.78 is 0. The van der Waals surface area contributed by atoms with E-state index in [0.717, 1.165) is 11.6 Å². The number of nitrogens with one attached hydrogen (secondary N) is 1. The van der Waals surface area contributed by atoms with Crippen molar-refractivity contribution in [3.05, 3.63) is 82.9 Å². The van der Waals surface area contributed by atoms with Crippen molar-refractivity contribution in [2.24, 2.45) is 0 Å². The molecular weight excluding hydrogens is 278 g/mol. The van der Waals surface area contributed by atoms with E-state index in [1.54, 1.807) is 0 Å². The second-order valence-corrected chi connectivity index (χ2v) is 5.73. The highest BCUT2D eigenvalue weighted by atomic mass is 35.5. The highest BCUT2D eigenvalue weighted by molar-refractivity contribution is 6.30. The fourth-order valence-electron chi connectivity index (χ4n) is 2.58. The molecule has 3 aromatic carbocycles. The second kappa shape index (κ2) is 6.30. The SMILES string of the molecule is CC(NCc1cccc2ccccc12)c1ccc(Cl)cc1. The van der Waals surface area contributed by atoms with Crippen molar-refractivity contribution >= 4 is 22.4 Å². The van der Waals surface area contributed by atoms with Crippen molar-refractivity contribution in [2.75, 3.05) is 0 Å². The monoisotopic (exact) mass is 295 g/mol. The molecule has 0 saturated heterocycles. The van der Waals surface area contributed by atoms with E-state index in [2.05, 4.69) is 66.8 Å². The molecule has 0 spiro atoms. The first kappa shape index (κ1) is 14.1. The summed E-state index contributed by atoms with van der Waals surface area (Å²) in [4.78, 5) is 0. The topological polar surface area (TPSA) is 12.0 Å². The smallest absolute Gasteiger partial charge is 0.0406 e. The first-order chi connectivity index (χ1) is 10.2. The van der Waals surface area contributed by atoms with Crippen LogP contribution in [0.1, 0.15) is 24.1 Å². The van der Waals surface area contributed by atoms with E-state index >= 15 is 0 Å². The quantitative estimate of drug-likeness (QED) is 0.684. The van der Waals surface area contributed by atoms with Crippen LogP contribution in [-0.4, -0.2) is 0 Å². The standard InChI is InChI=1S/C19H18ClN/c1-14(15-9-11-18(20)12-10-15)21-13-17-7-4-6-16-5-2-3-8-19(16)17/h2-12,14,21H,13H2,1H3. The molecule has 106 valence electrons. The van der Waals surface area contributed by atoms with Gasteiger partial charge in [-0.3, -0.25) is 0 Å². The average Bonchev–Trinajstić information content (AvgIpc) is 2.53. The van der Waals surface area contributed by atoms with Crippen LogP contribution in [0.3, 0.4) is 0 Å². The Morgan fingerprint density at radius 3 is 2.43 bits per heavy atom. The maximum absolute atomic E-state index is 5.93. The molecular formula is C19H18ClN. The van der Waals surface area contributed by atoms with Gasteiger partial charge in [-0.1, -0.05) is 66.2 Å². The first-order valence-corrected chi connectivity index (χ1v) is 7.57. The number of hydrogen-bond donors (Lipinski definition) is 1. The van der Waals surface area contributed by atoms with Crippen LogP contribution < -0.4 is 5.32 Å². The fourth-order valence-corrected chi connectivity index (χ4v) is 2.70. The van der Waals surface area contributed by atoms with Gasteiger partial charge < -0.3 is 5.32 Å². The van der Waals surface area contributed by atoms with E-state index in [1.807, 2.05) is 12.1 Å². The highest BCUT2D eigenvalue weighted by Crippen LogP contribution is 2.20. The molecule has 1 unspecified atom stereocenters. The Balaban J connectivity index is 1.76. The van der Waals surface area contributed by atoms with Crippen LogP contribution in [0.15, 0.2) is 66.7 Å². The molecule has 1 N–H and O–H groups in total. The third kappa shape index (κ3) is 3.26. The molecule has 21 heavy (non-hydrogen) atoms. The van der Waals surface area contributed by atoms with Crippen LogP contribution in [-0.2, 0) is 6.54 Å². The van der Waals surface area contributed by atoms with Crippen LogP contribution in [0.25, 0.3) is 10.8 Å². The van der Waals surface area contributed by atoms with E-state index in [-0.39, 0.29) is 0 Å². The predicted molar refractivity (Wildman–Crippen MR) is 90.7 cm³/mol. The molecule has 0 aromatic heterocycles. The van der Waals surface area contributed by atoms with Gasteiger partial charge in [0.05, 0.1) is 0 Å². The lowest BCUT2D eigenvalue weighted by Gasteiger charge is -2.15. The largest absolute Gasteiger partial charge is 0.306 e. The summed E-state index contributed by atoms with van der Waals surface area (Å²) in [6.07, 6.45) is 0. The van der Waals surface area contributed by atoms with Gasteiger partial charge in [0, 0.05) is 17.6 Å². The maximum atomic E-state index is 5.93. The Morgan fingerprint density at radius 1 is 0.905 bits per heavy atom. The summed E-state index contributed by atoms with van der Waals surface area (Å²) in [5.41, 5.74) is 2.58. The molecule has 0 heterocycles. The summed E-state index contributed by atoms with van der Waals surface area (Å²) in [5.74, 6) is 0. The van der Waals surface area contributed by atoms with Gasteiger partial charge in [-0.15, -0.1) is 0 Å². The Morgan fingerprint density at radius 2 is 1.62 bits per heavy atom. The Hall–Kier alpha value is -1.83. The molecule has 0 amide bonds. The maximum Gasteiger partial charge on any atom is 0.0406 e. The molecule has 0 aliphatic carbocycles. The van der Waals surface area contributed by atoms with Gasteiger partial charge >= 0.3 is 0 Å². The average molecular weight is 296 g/mol. The van der Waals surface area contributed by atoms with Crippen LogP contribution in [0.2, 0.25) is 5.02 Å². The number of benzene rings is 3. The minimum absolute atomic E-state index is 0.293. The fraction of sp³-hybridized carbons (Fsp3) is 0.158. The van der Waals surface area contributed by atoms with Crippen molar-refractivity contribution in [3.8, 4) is 0 Å². The third-order valence-electron chi connectivity index (χ3n) is 3.85. The summed E-state index contributed by atoms with van der Waals surface area (Å²) >= 11 is 5.93. The Kier molecular flexibility index (Phi) is 4.23. The molecule has 0 saturated carbocycles. The van der Waals surface area contributed by atoms with Crippen molar-refractivity contribution in [3.63, 3.8) is 0 Å². The van der Waals surface area contributed by atoms with Crippen LogP contribution >= 0.6 is 11.6 Å². The Bertz CT molecular complexity index is 729. The summed E-state index contributed by atoms with van der Waals surface area (Å²) in [6, 6.07) is 23.3. The van der Waals surface area contributed by atoms with Crippen LogP contribution in [0, 0.1) is 0 Å². The molecule has 0 aliphatic rings. The van der Waals surface area contributed by atoms with Crippen LogP contribution in [0.5, 0.6) is 0 Å². The van der Waals surface area contributed by atoms with Gasteiger partial charge in [0.2, 0.25) is 0 Å². The lowest BCUT2D eigenvalue weighted by atomic mass is 10.0. The van der Waals surface area contributed by atoms with Crippen molar-refractivity contribution in [2.45, 2.75) is 19.5 Å². The normalized spacial score (nSPS) is 12.5. The summed E-state index contributed by atoms with van der Waals surface area (Å²) in [6.45, 7) is 3.03. The van der Waals surface area contributed by atoms with E-state index in [9.17, 15) is 0 Å². The van der Waals surface area contributed by atoms with E-state index in [0.29, 0.717) is 6.04 Å². The van der Waals surface area contributed by atoms with Gasteiger partial charge in [-0.05, 0) is 41.0 Å². The summed E-state index contributed by atoms with van der Waals surface area (Å²) in [7, 11) is 0. The van der Waals surface area contributed by atoms with Crippen molar-refractivity contribution in [1.82, 2.24) is 5.32 Å². The minimum atomic E-state index is 0.293. The number of halogens is 1. The number of rotatable bonds is 4. The molecule has 0 fully saturated rings. The van der Waals surface area contributed by atoms with Gasteiger partial charge in [0.25, 0.3) is 0 Å². The number of hydrogen-bond acceptors (Lipinski definition) is 1. The van der Waals surface area contributed by atoms with E-state index < -0.39 is 0 Å². The van der Waals surface area contributed by atoms with Gasteiger partial charge in [0.15, 0.2) is 0 Å². The zero-order valence-electron chi connectivity index (χ0n) is 12.0. The highest BCUT2D eigenvalue weighted by Gasteiger charge is 2.06. The molecule has 1 atom stereocenters. The van der Waals surface area contributed by atoms with Crippen LogP contribution in [0.4, 0.5) is 0 Å². The molecule has 3 aromatic rings. The van der Waals surface area contributed by atoms with Gasteiger partial charge in [-0.2, -0.15) is 0 Å². The minimum Gasteiger partial charge on any atom is -0.306 e. The van der Waals surface area contributed by atoms with Crippen molar-refractivity contribution in [1.29, 1.82) is 0 Å². The molecule has 2 heteroatoms.